The van der Waals surface area contributed by atoms with Crippen LogP contribution in [0.15, 0.2) is 4.99 Å². The van der Waals surface area contributed by atoms with E-state index in [2.05, 4.69) is 22.5 Å². The first-order valence-electron chi connectivity index (χ1n) is 10.7. The molecule has 0 aromatic rings. The van der Waals surface area contributed by atoms with E-state index in [1.807, 2.05) is 13.8 Å². The maximum Gasteiger partial charge on any atom is 0.305 e. The highest BCUT2D eigenvalue weighted by molar-refractivity contribution is 7.85. The van der Waals surface area contributed by atoms with E-state index in [-0.39, 0.29) is 5.97 Å². The summed E-state index contributed by atoms with van der Waals surface area (Å²) in [7, 11) is -0.701. The van der Waals surface area contributed by atoms with Gasteiger partial charge in [0.15, 0.2) is 5.96 Å². The van der Waals surface area contributed by atoms with Gasteiger partial charge in [-0.15, -0.1) is 0 Å². The van der Waals surface area contributed by atoms with Crippen LogP contribution in [0.5, 0.6) is 0 Å². The molecule has 6 nitrogen and oxygen atoms in total. The summed E-state index contributed by atoms with van der Waals surface area (Å²) in [6, 6.07) is 0.363. The van der Waals surface area contributed by atoms with Crippen LogP contribution in [0.2, 0.25) is 0 Å². The number of unbranched alkanes of at least 4 members (excludes halogenated alkanes) is 3. The molecule has 3 atom stereocenters. The number of carbonyl (C=O) groups excluding carboxylic acids is 1. The lowest BCUT2D eigenvalue weighted by Gasteiger charge is -2.30. The van der Waals surface area contributed by atoms with Crippen molar-refractivity contribution in [3.8, 4) is 0 Å². The fourth-order valence-corrected chi connectivity index (χ4v) is 4.77. The van der Waals surface area contributed by atoms with E-state index in [4.69, 9.17) is 4.74 Å². The molecule has 0 saturated heterocycles. The van der Waals surface area contributed by atoms with Gasteiger partial charge < -0.3 is 15.4 Å². The van der Waals surface area contributed by atoms with Crippen LogP contribution < -0.4 is 10.6 Å². The number of rotatable bonds is 12. The van der Waals surface area contributed by atoms with Crippen LogP contribution in [-0.2, 0) is 20.3 Å². The van der Waals surface area contributed by atoms with Gasteiger partial charge in [0.2, 0.25) is 0 Å². The molecule has 0 aliphatic heterocycles. The van der Waals surface area contributed by atoms with E-state index < -0.39 is 10.8 Å². The van der Waals surface area contributed by atoms with Crippen LogP contribution in [0.4, 0.5) is 0 Å². The summed E-state index contributed by atoms with van der Waals surface area (Å²) >= 11 is 0. The minimum atomic E-state index is -0.701. The lowest BCUT2D eigenvalue weighted by atomic mass is 9.95. The van der Waals surface area contributed by atoms with Crippen LogP contribution in [0.1, 0.15) is 78.6 Å². The molecule has 0 bridgehead atoms. The van der Waals surface area contributed by atoms with Gasteiger partial charge in [0.05, 0.1) is 6.61 Å². The molecule has 0 aromatic carbocycles. The van der Waals surface area contributed by atoms with Gasteiger partial charge >= 0.3 is 5.97 Å². The lowest BCUT2D eigenvalue weighted by Crippen LogP contribution is -2.46. The third kappa shape index (κ3) is 10.7. The highest BCUT2D eigenvalue weighted by Crippen LogP contribution is 2.23. The number of nitrogens with zero attached hydrogens (tertiary/aromatic N) is 1. The van der Waals surface area contributed by atoms with Crippen LogP contribution in [0.3, 0.4) is 0 Å². The number of aliphatic imine (C=N–C) groups is 1. The molecule has 2 N–H and O–H groups in total. The van der Waals surface area contributed by atoms with E-state index >= 15 is 0 Å². The fraction of sp³-hybridized carbons (Fsp3) is 0.900. The molecule has 3 unspecified atom stereocenters. The zero-order valence-corrected chi connectivity index (χ0v) is 18.2. The molecule has 0 amide bonds. The smallest absolute Gasteiger partial charge is 0.305 e. The van der Waals surface area contributed by atoms with Crippen molar-refractivity contribution in [3.63, 3.8) is 0 Å². The summed E-state index contributed by atoms with van der Waals surface area (Å²) in [5.41, 5.74) is 0. The number of nitrogens with one attached hydrogen (secondary N) is 2. The van der Waals surface area contributed by atoms with Crippen molar-refractivity contribution >= 4 is 22.7 Å². The van der Waals surface area contributed by atoms with E-state index in [1.54, 1.807) is 0 Å². The SMILES string of the molecule is CCNC(=NCCCCCCC(=O)OCC)NC1CCCC(S(=O)CC)C1. The van der Waals surface area contributed by atoms with Gasteiger partial charge in [-0.25, -0.2) is 0 Å². The fourth-order valence-electron chi connectivity index (χ4n) is 3.42. The number of hydrogen-bond acceptors (Lipinski definition) is 4. The molecule has 1 aliphatic rings. The van der Waals surface area contributed by atoms with Crippen LogP contribution in [0.25, 0.3) is 0 Å². The maximum absolute atomic E-state index is 12.1. The highest BCUT2D eigenvalue weighted by atomic mass is 32.2. The Bertz CT molecular complexity index is 471. The summed E-state index contributed by atoms with van der Waals surface area (Å²) in [6.07, 6.45) is 8.84. The standard InChI is InChI=1S/C20H39N3O3S/c1-4-21-20(22-15-10-8-7-9-14-19(24)26-5-2)23-17-12-11-13-18(16-17)27(25)6-3/h17-18H,4-16H2,1-3H3,(H2,21,22,23). The van der Waals surface area contributed by atoms with Crippen molar-refractivity contribution in [2.75, 3.05) is 25.4 Å². The molecule has 0 radical (unpaired) electrons. The second-order valence-electron chi connectivity index (χ2n) is 7.03. The number of hydrogen-bond donors (Lipinski definition) is 2. The Morgan fingerprint density at radius 2 is 1.93 bits per heavy atom. The maximum atomic E-state index is 12.1. The molecule has 1 rings (SSSR count). The zero-order chi connectivity index (χ0) is 19.9. The number of carbonyl (C=O) groups is 1. The monoisotopic (exact) mass is 401 g/mol. The topological polar surface area (TPSA) is 79.8 Å². The summed E-state index contributed by atoms with van der Waals surface area (Å²) < 4.78 is 17.0. The van der Waals surface area contributed by atoms with Gasteiger partial charge in [-0.3, -0.25) is 14.0 Å². The Morgan fingerprint density at radius 3 is 2.63 bits per heavy atom. The first kappa shape index (κ1) is 23.9. The van der Waals surface area contributed by atoms with Crippen LogP contribution in [-0.4, -0.2) is 52.9 Å². The van der Waals surface area contributed by atoms with Crippen molar-refractivity contribution in [3.05, 3.63) is 0 Å². The van der Waals surface area contributed by atoms with Crippen molar-refractivity contribution < 1.29 is 13.7 Å². The second-order valence-corrected chi connectivity index (χ2v) is 9.03. The molecule has 0 spiro atoms. The molecule has 0 aromatic heterocycles. The number of guanidine groups is 1. The first-order chi connectivity index (χ1) is 13.1. The average molecular weight is 402 g/mol. The van der Waals surface area contributed by atoms with Gasteiger partial charge in [-0.05, 0) is 46.0 Å². The normalized spacial score (nSPS) is 21.5. The van der Waals surface area contributed by atoms with E-state index in [0.29, 0.717) is 24.3 Å². The Kier molecular flexibility index (Phi) is 13.2. The van der Waals surface area contributed by atoms with Crippen molar-refractivity contribution in [1.82, 2.24) is 10.6 Å². The summed E-state index contributed by atoms with van der Waals surface area (Å²) in [5.74, 6) is 1.53. The first-order valence-corrected chi connectivity index (χ1v) is 12.1. The third-order valence-electron chi connectivity index (χ3n) is 4.83. The lowest BCUT2D eigenvalue weighted by molar-refractivity contribution is -0.143. The second kappa shape index (κ2) is 14.9. The molecule has 0 heterocycles. The van der Waals surface area contributed by atoms with Crippen molar-refractivity contribution in [1.29, 1.82) is 0 Å². The van der Waals surface area contributed by atoms with Crippen LogP contribution >= 0.6 is 0 Å². The Balaban J connectivity index is 2.29. The Morgan fingerprint density at radius 1 is 1.15 bits per heavy atom. The Labute approximate surface area is 167 Å². The molecular weight excluding hydrogens is 362 g/mol. The quantitative estimate of drug-likeness (QED) is 0.227. The summed E-state index contributed by atoms with van der Waals surface area (Å²) in [5, 5.41) is 7.18. The van der Waals surface area contributed by atoms with Gasteiger partial charge in [0, 0.05) is 47.4 Å². The Hall–Kier alpha value is -1.11. The molecule has 1 aliphatic carbocycles. The van der Waals surface area contributed by atoms with Gasteiger partial charge in [-0.1, -0.05) is 26.2 Å². The zero-order valence-electron chi connectivity index (χ0n) is 17.4. The largest absolute Gasteiger partial charge is 0.466 e. The van der Waals surface area contributed by atoms with Gasteiger partial charge in [0.1, 0.15) is 0 Å². The molecular formula is C20H39N3O3S. The van der Waals surface area contributed by atoms with Gasteiger partial charge in [0.25, 0.3) is 0 Å². The van der Waals surface area contributed by atoms with E-state index in [9.17, 15) is 9.00 Å². The summed E-state index contributed by atoms with van der Waals surface area (Å²) in [6.45, 7) is 7.99. The van der Waals surface area contributed by atoms with Gasteiger partial charge in [-0.2, -0.15) is 0 Å². The highest BCUT2D eigenvalue weighted by Gasteiger charge is 2.25. The minimum Gasteiger partial charge on any atom is -0.466 e. The average Bonchev–Trinajstić information content (AvgIpc) is 2.67. The molecule has 7 heteroatoms. The number of esters is 1. The molecule has 27 heavy (non-hydrogen) atoms. The van der Waals surface area contributed by atoms with Crippen molar-refractivity contribution in [2.45, 2.75) is 89.9 Å². The van der Waals surface area contributed by atoms with E-state index in [1.165, 1.54) is 0 Å². The molecule has 158 valence electrons. The predicted molar refractivity (Wildman–Crippen MR) is 114 cm³/mol. The third-order valence-corrected chi connectivity index (χ3v) is 6.57. The number of ether oxygens (including phenoxy) is 1. The van der Waals surface area contributed by atoms with Crippen LogP contribution in [0, 0.1) is 0 Å². The molecule has 1 fully saturated rings. The van der Waals surface area contributed by atoms with E-state index in [0.717, 1.165) is 76.2 Å². The van der Waals surface area contributed by atoms with Crippen molar-refractivity contribution in [2.24, 2.45) is 4.99 Å². The minimum absolute atomic E-state index is 0.0936. The molecule has 1 saturated carbocycles. The predicted octanol–water partition coefficient (Wildman–Crippen LogP) is 3.13. The summed E-state index contributed by atoms with van der Waals surface area (Å²) in [4.78, 5) is 16.0.